The molecule has 1 fully saturated rings. The number of hydrogen-bond donors (Lipinski definition) is 1. The molecular formula is C23H18ClNO4S. The van der Waals surface area contributed by atoms with Crippen molar-refractivity contribution >= 4 is 46.1 Å². The Labute approximate surface area is 182 Å². The van der Waals surface area contributed by atoms with Gasteiger partial charge in [-0.1, -0.05) is 17.7 Å². The highest BCUT2D eigenvalue weighted by Crippen LogP contribution is 2.43. The molecule has 7 heteroatoms. The number of aryl methyl sites for hydroxylation is 1. The van der Waals surface area contributed by atoms with E-state index in [0.29, 0.717) is 22.0 Å². The number of aliphatic hydroxyl groups excluding tert-OH is 1. The van der Waals surface area contributed by atoms with Gasteiger partial charge in [0.15, 0.2) is 0 Å². The summed E-state index contributed by atoms with van der Waals surface area (Å²) in [4.78, 5) is 28.2. The first-order valence-corrected chi connectivity index (χ1v) is 10.4. The molecule has 0 bridgehead atoms. The number of rotatable bonds is 4. The van der Waals surface area contributed by atoms with Crippen LogP contribution in [0.4, 0.5) is 5.69 Å². The van der Waals surface area contributed by atoms with Crippen molar-refractivity contribution in [2.24, 2.45) is 0 Å². The highest BCUT2D eigenvalue weighted by Gasteiger charge is 2.47. The van der Waals surface area contributed by atoms with Gasteiger partial charge in [0.25, 0.3) is 11.7 Å². The molecule has 1 unspecified atom stereocenters. The number of amides is 1. The van der Waals surface area contributed by atoms with Gasteiger partial charge in [-0.15, -0.1) is 11.3 Å². The van der Waals surface area contributed by atoms with Gasteiger partial charge in [-0.25, -0.2) is 0 Å². The quantitative estimate of drug-likeness (QED) is 0.338. The molecule has 1 N–H and O–H groups in total. The standard InChI is InChI=1S/C23H18ClNO4S/c1-13-12-14(5-10-17(13)29-2)21(26)19-20(18-4-3-11-30-18)25(23(28)22(19)27)16-8-6-15(24)7-9-16/h3-12,20,26H,1-2H3/b21-19-. The lowest BCUT2D eigenvalue weighted by atomic mass is 9.98. The number of benzene rings is 2. The summed E-state index contributed by atoms with van der Waals surface area (Å²) in [5, 5.41) is 13.5. The number of halogens is 1. The first-order valence-electron chi connectivity index (χ1n) is 9.17. The number of carbonyl (C=O) groups is 2. The van der Waals surface area contributed by atoms with E-state index in [4.69, 9.17) is 16.3 Å². The van der Waals surface area contributed by atoms with Crippen molar-refractivity contribution in [2.45, 2.75) is 13.0 Å². The molecule has 30 heavy (non-hydrogen) atoms. The molecule has 152 valence electrons. The number of anilines is 1. The van der Waals surface area contributed by atoms with E-state index in [1.807, 2.05) is 24.4 Å². The minimum atomic E-state index is -0.728. The molecule has 1 amide bonds. The fraction of sp³-hybridized carbons (Fsp3) is 0.130. The average molecular weight is 440 g/mol. The summed E-state index contributed by atoms with van der Waals surface area (Å²) >= 11 is 7.40. The highest BCUT2D eigenvalue weighted by atomic mass is 35.5. The molecule has 5 nitrogen and oxygen atoms in total. The molecule has 1 atom stereocenters. The number of thiophene rings is 1. The number of Topliss-reactive ketones (excluding diaryl/α,β-unsaturated/α-hetero) is 1. The number of ketones is 1. The van der Waals surface area contributed by atoms with Crippen molar-refractivity contribution < 1.29 is 19.4 Å². The van der Waals surface area contributed by atoms with Crippen LogP contribution < -0.4 is 9.64 Å². The molecule has 1 aromatic heterocycles. The van der Waals surface area contributed by atoms with Crippen LogP contribution in [0.2, 0.25) is 5.02 Å². The third kappa shape index (κ3) is 3.38. The van der Waals surface area contributed by atoms with Crippen LogP contribution in [0.5, 0.6) is 5.75 Å². The summed E-state index contributed by atoms with van der Waals surface area (Å²) in [6.07, 6.45) is 0. The van der Waals surface area contributed by atoms with Gasteiger partial charge in [-0.05, 0) is 66.4 Å². The Balaban J connectivity index is 1.90. The van der Waals surface area contributed by atoms with Crippen LogP contribution in [0.3, 0.4) is 0 Å². The topological polar surface area (TPSA) is 66.8 Å². The lowest BCUT2D eigenvalue weighted by molar-refractivity contribution is -0.132. The van der Waals surface area contributed by atoms with Crippen molar-refractivity contribution in [1.29, 1.82) is 0 Å². The molecule has 1 aliphatic heterocycles. The molecule has 0 radical (unpaired) electrons. The van der Waals surface area contributed by atoms with Gasteiger partial charge in [0.1, 0.15) is 17.6 Å². The highest BCUT2D eigenvalue weighted by molar-refractivity contribution is 7.10. The average Bonchev–Trinajstić information content (AvgIpc) is 3.35. The lowest BCUT2D eigenvalue weighted by Gasteiger charge is -2.24. The smallest absolute Gasteiger partial charge is 0.300 e. The SMILES string of the molecule is COc1ccc(/C(O)=C2/C(=O)C(=O)N(c3ccc(Cl)cc3)C2c2cccs2)cc1C. The molecule has 3 aromatic rings. The predicted octanol–water partition coefficient (Wildman–Crippen LogP) is 5.34. The van der Waals surface area contributed by atoms with Crippen LogP contribution >= 0.6 is 22.9 Å². The van der Waals surface area contributed by atoms with Gasteiger partial charge >= 0.3 is 0 Å². The van der Waals surface area contributed by atoms with E-state index in [-0.39, 0.29) is 11.3 Å². The molecule has 1 saturated heterocycles. The molecule has 0 saturated carbocycles. The molecule has 2 heterocycles. The van der Waals surface area contributed by atoms with Crippen molar-refractivity contribution in [2.75, 3.05) is 12.0 Å². The Morgan fingerprint density at radius 3 is 2.47 bits per heavy atom. The lowest BCUT2D eigenvalue weighted by Crippen LogP contribution is -2.29. The summed E-state index contributed by atoms with van der Waals surface area (Å²) in [6, 6.07) is 14.8. The van der Waals surface area contributed by atoms with Crippen LogP contribution in [0, 0.1) is 6.92 Å². The van der Waals surface area contributed by atoms with Gasteiger partial charge < -0.3 is 9.84 Å². The van der Waals surface area contributed by atoms with Crippen molar-refractivity contribution in [3.8, 4) is 5.75 Å². The Morgan fingerprint density at radius 1 is 1.13 bits per heavy atom. The number of aliphatic hydroxyl groups is 1. The Hall–Kier alpha value is -3.09. The van der Waals surface area contributed by atoms with E-state index in [2.05, 4.69) is 0 Å². The summed E-state index contributed by atoms with van der Waals surface area (Å²) in [6.45, 7) is 1.85. The summed E-state index contributed by atoms with van der Waals surface area (Å²) in [7, 11) is 1.57. The second-order valence-corrected chi connectivity index (χ2v) is 8.26. The third-order valence-electron chi connectivity index (χ3n) is 5.03. The molecule has 4 rings (SSSR count). The molecule has 1 aliphatic rings. The molecule has 2 aromatic carbocycles. The van der Waals surface area contributed by atoms with Gasteiger partial charge in [0, 0.05) is 21.2 Å². The van der Waals surface area contributed by atoms with E-state index >= 15 is 0 Å². The molecular weight excluding hydrogens is 422 g/mol. The monoisotopic (exact) mass is 439 g/mol. The van der Waals surface area contributed by atoms with Crippen LogP contribution in [0.25, 0.3) is 5.76 Å². The van der Waals surface area contributed by atoms with E-state index in [1.165, 1.54) is 16.2 Å². The number of hydrogen-bond acceptors (Lipinski definition) is 5. The minimum Gasteiger partial charge on any atom is -0.507 e. The summed E-state index contributed by atoms with van der Waals surface area (Å²) in [5.41, 5.74) is 1.84. The van der Waals surface area contributed by atoms with Crippen LogP contribution in [0.15, 0.2) is 65.6 Å². The second kappa shape index (κ2) is 7.97. The number of methoxy groups -OCH3 is 1. The summed E-state index contributed by atoms with van der Waals surface area (Å²) < 4.78 is 5.27. The van der Waals surface area contributed by atoms with Gasteiger partial charge in [0.2, 0.25) is 0 Å². The van der Waals surface area contributed by atoms with Crippen molar-refractivity contribution in [1.82, 2.24) is 0 Å². The van der Waals surface area contributed by atoms with Crippen LogP contribution in [-0.2, 0) is 9.59 Å². The zero-order chi connectivity index (χ0) is 21.4. The zero-order valence-corrected chi connectivity index (χ0v) is 17.8. The van der Waals surface area contributed by atoms with E-state index < -0.39 is 17.7 Å². The van der Waals surface area contributed by atoms with Gasteiger partial charge in [-0.2, -0.15) is 0 Å². The van der Waals surface area contributed by atoms with Crippen molar-refractivity contribution in [3.05, 3.63) is 86.6 Å². The second-order valence-electron chi connectivity index (χ2n) is 6.85. The summed E-state index contributed by atoms with van der Waals surface area (Å²) in [5.74, 6) is -0.964. The maximum atomic E-state index is 13.0. The number of carbonyl (C=O) groups excluding carboxylic acids is 2. The zero-order valence-electron chi connectivity index (χ0n) is 16.3. The van der Waals surface area contributed by atoms with Gasteiger partial charge in [0.05, 0.1) is 12.7 Å². The van der Waals surface area contributed by atoms with E-state index in [9.17, 15) is 14.7 Å². The van der Waals surface area contributed by atoms with Crippen molar-refractivity contribution in [3.63, 3.8) is 0 Å². The maximum Gasteiger partial charge on any atom is 0.300 e. The van der Waals surface area contributed by atoms with Crippen LogP contribution in [-0.4, -0.2) is 23.9 Å². The number of nitrogens with zero attached hydrogens (tertiary/aromatic N) is 1. The largest absolute Gasteiger partial charge is 0.507 e. The Kier molecular flexibility index (Phi) is 5.37. The fourth-order valence-corrected chi connectivity index (χ4v) is 4.55. The third-order valence-corrected chi connectivity index (χ3v) is 6.21. The minimum absolute atomic E-state index is 0.0574. The van der Waals surface area contributed by atoms with E-state index in [1.54, 1.807) is 49.6 Å². The van der Waals surface area contributed by atoms with E-state index in [0.717, 1.165) is 10.4 Å². The maximum absolute atomic E-state index is 13.0. The van der Waals surface area contributed by atoms with Gasteiger partial charge in [-0.3, -0.25) is 14.5 Å². The Bertz CT molecular complexity index is 1150. The normalized spacial score (nSPS) is 18.1. The molecule has 0 aliphatic carbocycles. The number of ether oxygens (including phenoxy) is 1. The first kappa shape index (κ1) is 20.2. The fourth-order valence-electron chi connectivity index (χ4n) is 3.60. The van der Waals surface area contributed by atoms with Crippen LogP contribution in [0.1, 0.15) is 22.0 Å². The predicted molar refractivity (Wildman–Crippen MR) is 118 cm³/mol. The first-order chi connectivity index (χ1) is 14.4. The Morgan fingerprint density at radius 2 is 1.87 bits per heavy atom. The molecule has 0 spiro atoms.